The molecule has 0 radical (unpaired) electrons. The van der Waals surface area contributed by atoms with Crippen LogP contribution < -0.4 is 15.5 Å². The minimum absolute atomic E-state index is 0.232. The minimum atomic E-state index is -0.336. The van der Waals surface area contributed by atoms with Crippen molar-refractivity contribution in [1.29, 1.82) is 0 Å². The van der Waals surface area contributed by atoms with Gasteiger partial charge in [0.1, 0.15) is 6.42 Å². The lowest BCUT2D eigenvalue weighted by Crippen LogP contribution is -2.36. The van der Waals surface area contributed by atoms with E-state index >= 15 is 0 Å². The van der Waals surface area contributed by atoms with Crippen molar-refractivity contribution in [2.45, 2.75) is 20.3 Å². The Labute approximate surface area is 159 Å². The third kappa shape index (κ3) is 5.08. The van der Waals surface area contributed by atoms with Gasteiger partial charge in [-0.2, -0.15) is 0 Å². The largest absolute Gasteiger partial charge is 0.378 e. The van der Waals surface area contributed by atoms with Crippen molar-refractivity contribution in [3.63, 3.8) is 0 Å². The number of amides is 2. The van der Waals surface area contributed by atoms with Gasteiger partial charge in [0.2, 0.25) is 11.8 Å². The predicted octanol–water partition coefficient (Wildman–Crippen LogP) is 3.11. The highest BCUT2D eigenvalue weighted by Crippen LogP contribution is 2.26. The van der Waals surface area contributed by atoms with Gasteiger partial charge >= 0.3 is 0 Å². The Balaban J connectivity index is 1.60. The lowest BCUT2D eigenvalue weighted by molar-refractivity contribution is -0.123. The number of carbonyl (C=O) groups excluding carboxylic acids is 2. The Morgan fingerprint density at radius 1 is 0.963 bits per heavy atom. The molecule has 0 spiro atoms. The van der Waals surface area contributed by atoms with Gasteiger partial charge in [0.05, 0.1) is 24.6 Å². The van der Waals surface area contributed by atoms with Crippen molar-refractivity contribution >= 4 is 28.9 Å². The molecule has 0 bridgehead atoms. The quantitative estimate of drug-likeness (QED) is 0.797. The van der Waals surface area contributed by atoms with Gasteiger partial charge in [0.15, 0.2) is 0 Å². The average molecular weight is 367 g/mol. The summed E-state index contributed by atoms with van der Waals surface area (Å²) in [5.74, 6) is -0.670. The van der Waals surface area contributed by atoms with Gasteiger partial charge in [-0.1, -0.05) is 18.2 Å². The van der Waals surface area contributed by atoms with E-state index in [-0.39, 0.29) is 18.2 Å². The molecular formula is C21H25N3O3. The maximum Gasteiger partial charge on any atom is 0.233 e. The van der Waals surface area contributed by atoms with Crippen molar-refractivity contribution in [2.75, 3.05) is 41.8 Å². The first kappa shape index (κ1) is 18.9. The summed E-state index contributed by atoms with van der Waals surface area (Å²) in [7, 11) is 0. The van der Waals surface area contributed by atoms with Crippen LogP contribution in [0.4, 0.5) is 17.1 Å². The van der Waals surface area contributed by atoms with E-state index in [1.54, 1.807) is 0 Å². The predicted molar refractivity (Wildman–Crippen MR) is 107 cm³/mol. The lowest BCUT2D eigenvalue weighted by atomic mass is 10.1. The SMILES string of the molecule is Cc1ccc(NC(=O)CC(=O)Nc2ccccc2N2CCOCC2)cc1C. The van der Waals surface area contributed by atoms with Crippen LogP contribution in [0.15, 0.2) is 42.5 Å². The van der Waals surface area contributed by atoms with Gasteiger partial charge in [-0.3, -0.25) is 9.59 Å². The highest BCUT2D eigenvalue weighted by atomic mass is 16.5. The summed E-state index contributed by atoms with van der Waals surface area (Å²) in [6, 6.07) is 13.3. The highest BCUT2D eigenvalue weighted by molar-refractivity contribution is 6.09. The molecule has 0 aromatic heterocycles. The fourth-order valence-electron chi connectivity index (χ4n) is 3.02. The summed E-state index contributed by atoms with van der Waals surface area (Å²) >= 11 is 0. The Kier molecular flexibility index (Phi) is 6.08. The molecule has 2 N–H and O–H groups in total. The number of hydrogen-bond donors (Lipinski definition) is 2. The Hall–Kier alpha value is -2.86. The molecule has 0 atom stereocenters. The third-order valence-electron chi connectivity index (χ3n) is 4.64. The van der Waals surface area contributed by atoms with E-state index in [2.05, 4.69) is 15.5 Å². The van der Waals surface area contributed by atoms with Crippen LogP contribution in [0.2, 0.25) is 0 Å². The van der Waals surface area contributed by atoms with Crippen LogP contribution in [0, 0.1) is 13.8 Å². The van der Waals surface area contributed by atoms with Crippen LogP contribution in [-0.4, -0.2) is 38.1 Å². The van der Waals surface area contributed by atoms with Crippen LogP contribution in [-0.2, 0) is 14.3 Å². The van der Waals surface area contributed by atoms with E-state index in [0.29, 0.717) is 24.6 Å². The van der Waals surface area contributed by atoms with Gasteiger partial charge in [-0.25, -0.2) is 0 Å². The molecule has 1 heterocycles. The molecule has 6 nitrogen and oxygen atoms in total. The highest BCUT2D eigenvalue weighted by Gasteiger charge is 2.17. The Bertz CT molecular complexity index is 829. The van der Waals surface area contributed by atoms with Crippen molar-refractivity contribution in [3.05, 3.63) is 53.6 Å². The summed E-state index contributed by atoms with van der Waals surface area (Å²) in [6.07, 6.45) is -0.232. The summed E-state index contributed by atoms with van der Waals surface area (Å²) in [5, 5.41) is 5.64. The molecule has 2 aromatic rings. The normalized spacial score (nSPS) is 13.9. The fraction of sp³-hybridized carbons (Fsp3) is 0.333. The van der Waals surface area contributed by atoms with Crippen LogP contribution in [0.25, 0.3) is 0 Å². The molecule has 0 aliphatic carbocycles. The number of nitrogens with zero attached hydrogens (tertiary/aromatic N) is 1. The zero-order valence-corrected chi connectivity index (χ0v) is 15.7. The molecule has 1 aliphatic heterocycles. The molecule has 1 saturated heterocycles. The molecule has 1 fully saturated rings. The second kappa shape index (κ2) is 8.68. The summed E-state index contributed by atoms with van der Waals surface area (Å²) in [4.78, 5) is 26.7. The van der Waals surface area contributed by atoms with Crippen LogP contribution >= 0.6 is 0 Å². The summed E-state index contributed by atoms with van der Waals surface area (Å²) in [5.41, 5.74) is 4.61. The number of hydrogen-bond acceptors (Lipinski definition) is 4. The maximum absolute atomic E-state index is 12.4. The Morgan fingerprint density at radius 3 is 2.41 bits per heavy atom. The summed E-state index contributed by atoms with van der Waals surface area (Å²) in [6.45, 7) is 6.89. The van der Waals surface area contributed by atoms with Crippen molar-refractivity contribution in [3.8, 4) is 0 Å². The molecule has 6 heteroatoms. The molecule has 2 aromatic carbocycles. The standard InChI is InChI=1S/C21H25N3O3/c1-15-7-8-17(13-16(15)2)22-20(25)14-21(26)23-18-5-3-4-6-19(18)24-9-11-27-12-10-24/h3-8,13H,9-12,14H2,1-2H3,(H,22,25)(H,23,26). The van der Waals surface area contributed by atoms with Crippen LogP contribution in [0.5, 0.6) is 0 Å². The molecule has 142 valence electrons. The smallest absolute Gasteiger partial charge is 0.233 e. The van der Waals surface area contributed by atoms with Crippen molar-refractivity contribution in [2.24, 2.45) is 0 Å². The average Bonchev–Trinajstić information content (AvgIpc) is 2.66. The third-order valence-corrected chi connectivity index (χ3v) is 4.64. The number of aryl methyl sites for hydroxylation is 2. The number of anilines is 3. The second-order valence-corrected chi connectivity index (χ2v) is 6.69. The number of morpholine rings is 1. The minimum Gasteiger partial charge on any atom is -0.378 e. The first-order valence-corrected chi connectivity index (χ1v) is 9.11. The van der Waals surface area contributed by atoms with Gasteiger partial charge in [-0.05, 0) is 49.2 Å². The summed E-state index contributed by atoms with van der Waals surface area (Å²) < 4.78 is 5.39. The zero-order valence-electron chi connectivity index (χ0n) is 15.7. The van der Waals surface area contributed by atoms with E-state index < -0.39 is 0 Å². The van der Waals surface area contributed by atoms with Crippen LogP contribution in [0.1, 0.15) is 17.5 Å². The first-order valence-electron chi connectivity index (χ1n) is 9.11. The molecule has 3 rings (SSSR count). The molecule has 0 unspecified atom stereocenters. The van der Waals surface area contributed by atoms with E-state index in [1.807, 2.05) is 56.3 Å². The topological polar surface area (TPSA) is 70.7 Å². The molecule has 0 saturated carbocycles. The van der Waals surface area contributed by atoms with Gasteiger partial charge in [0, 0.05) is 18.8 Å². The van der Waals surface area contributed by atoms with Gasteiger partial charge in [0.25, 0.3) is 0 Å². The molecule has 1 aliphatic rings. The maximum atomic E-state index is 12.4. The van der Waals surface area contributed by atoms with Crippen molar-refractivity contribution < 1.29 is 14.3 Å². The molecular weight excluding hydrogens is 342 g/mol. The lowest BCUT2D eigenvalue weighted by Gasteiger charge is -2.30. The number of ether oxygens (including phenoxy) is 1. The monoisotopic (exact) mass is 367 g/mol. The Morgan fingerprint density at radius 2 is 1.67 bits per heavy atom. The number of rotatable bonds is 5. The van der Waals surface area contributed by atoms with E-state index in [0.717, 1.165) is 29.9 Å². The first-order chi connectivity index (χ1) is 13.0. The van der Waals surface area contributed by atoms with E-state index in [4.69, 9.17) is 4.74 Å². The van der Waals surface area contributed by atoms with E-state index in [9.17, 15) is 9.59 Å². The van der Waals surface area contributed by atoms with Gasteiger partial charge in [-0.15, -0.1) is 0 Å². The zero-order chi connectivity index (χ0) is 19.2. The number of nitrogens with one attached hydrogen (secondary N) is 2. The van der Waals surface area contributed by atoms with Crippen molar-refractivity contribution in [1.82, 2.24) is 0 Å². The number of carbonyl (C=O) groups is 2. The fourth-order valence-corrected chi connectivity index (χ4v) is 3.02. The van der Waals surface area contributed by atoms with E-state index in [1.165, 1.54) is 0 Å². The second-order valence-electron chi connectivity index (χ2n) is 6.69. The molecule has 27 heavy (non-hydrogen) atoms. The van der Waals surface area contributed by atoms with Crippen LogP contribution in [0.3, 0.4) is 0 Å². The molecule has 2 amide bonds. The number of para-hydroxylation sites is 2. The van der Waals surface area contributed by atoms with Gasteiger partial charge < -0.3 is 20.3 Å². The number of benzene rings is 2.